The predicted molar refractivity (Wildman–Crippen MR) is 255 cm³/mol. The van der Waals surface area contributed by atoms with Crippen LogP contribution in [0.2, 0.25) is 0 Å². The van der Waals surface area contributed by atoms with Crippen LogP contribution in [0.3, 0.4) is 0 Å². The number of fused-ring (bicyclic) bond motifs is 4. The lowest BCUT2D eigenvalue weighted by Crippen LogP contribution is -2.54. The summed E-state index contributed by atoms with van der Waals surface area (Å²) >= 11 is 4.60. The zero-order valence-electron chi connectivity index (χ0n) is 37.6. The topological polar surface area (TPSA) is 9.72 Å². The average molecular weight is 830 g/mol. The maximum Gasteiger partial charge on any atom is 0.0777 e. The largest absolute Gasteiger partial charge is 0.364 e. The minimum Gasteiger partial charge on any atom is -0.364 e. The van der Waals surface area contributed by atoms with Gasteiger partial charge in [0.05, 0.1) is 23.5 Å². The van der Waals surface area contributed by atoms with Crippen molar-refractivity contribution in [2.45, 2.75) is 197 Å². The van der Waals surface area contributed by atoms with Gasteiger partial charge in [-0.05, 0) is 139 Å². The van der Waals surface area contributed by atoms with Crippen molar-refractivity contribution in [1.82, 2.24) is 14.7 Å². The van der Waals surface area contributed by atoms with Gasteiger partial charge in [-0.3, -0.25) is 0 Å². The molecule has 59 heavy (non-hydrogen) atoms. The van der Waals surface area contributed by atoms with E-state index in [2.05, 4.69) is 147 Å². The summed E-state index contributed by atoms with van der Waals surface area (Å²) in [5.41, 5.74) is 10.8. The SMILES string of the molecule is CC1CC(N(C2CSC(N(C3=CCCC=C3)C3C=CC=CC3)C2)C2CCCC3=C2SC2CCC=CC32)=CC(N2C3=CCCC(C(C)(C)C)=C3C3(CCCCC3)C2(C)C)C1. The smallest absolute Gasteiger partial charge is 0.0777 e. The van der Waals surface area contributed by atoms with Crippen LogP contribution >= 0.6 is 23.5 Å². The highest BCUT2D eigenvalue weighted by Crippen LogP contribution is 2.65. The Morgan fingerprint density at radius 1 is 0.847 bits per heavy atom. The molecule has 8 atom stereocenters. The van der Waals surface area contributed by atoms with Crippen molar-refractivity contribution in [3.63, 3.8) is 0 Å². The Morgan fingerprint density at radius 2 is 1.71 bits per heavy atom. The molecular weight excluding hydrogens is 755 g/mol. The molecule has 2 saturated heterocycles. The maximum atomic E-state index is 3.16. The van der Waals surface area contributed by atoms with Gasteiger partial charge < -0.3 is 14.7 Å². The molecule has 3 fully saturated rings. The highest BCUT2D eigenvalue weighted by atomic mass is 32.2. The van der Waals surface area contributed by atoms with Gasteiger partial charge in [-0.2, -0.15) is 0 Å². The second-order valence-electron chi connectivity index (χ2n) is 21.8. The van der Waals surface area contributed by atoms with Gasteiger partial charge in [0.1, 0.15) is 0 Å². The van der Waals surface area contributed by atoms with Crippen molar-refractivity contribution in [3.8, 4) is 0 Å². The predicted octanol–water partition coefficient (Wildman–Crippen LogP) is 14.2. The molecular formula is C54H75N3S2. The van der Waals surface area contributed by atoms with E-state index in [9.17, 15) is 0 Å². The molecule has 3 nitrogen and oxygen atoms in total. The third-order valence-electron chi connectivity index (χ3n) is 16.8. The lowest BCUT2D eigenvalue weighted by molar-refractivity contribution is 0.0319. The molecule has 1 spiro atoms. The summed E-state index contributed by atoms with van der Waals surface area (Å²) in [6.07, 6.45) is 50.7. The van der Waals surface area contributed by atoms with Crippen molar-refractivity contribution in [2.24, 2.45) is 22.7 Å². The summed E-state index contributed by atoms with van der Waals surface area (Å²) < 4.78 is 0. The van der Waals surface area contributed by atoms with Crippen LogP contribution in [0, 0.1) is 22.7 Å². The van der Waals surface area contributed by atoms with Gasteiger partial charge >= 0.3 is 0 Å². The molecule has 0 N–H and O–H groups in total. The van der Waals surface area contributed by atoms with E-state index in [4.69, 9.17) is 0 Å². The Kier molecular flexibility index (Phi) is 11.2. The van der Waals surface area contributed by atoms with Gasteiger partial charge in [0.2, 0.25) is 0 Å². The molecule has 0 aromatic carbocycles. The standard InChI is InChI=1S/C54H75N3S2/c1-37-32-40(34-41(33-37)57-46-27-19-26-45(52(2,3)4)50(46)54(53(57,5)6)30-16-9-17-31-54)55(47-28-18-25-44-43-24-14-15-29-48(43)59-51(44)47)42-35-49(58-36-42)56(38-20-10-7-11-21-38)39-22-12-8-13-23-39/h7,10-12,14,20,22-24,27,34,37-38,41-43,47-49H,8-9,13,15-19,21,25-26,28-33,35-36H2,1-6H3. The molecule has 0 amide bonds. The first-order chi connectivity index (χ1) is 28.5. The minimum atomic E-state index is 0.0888. The Morgan fingerprint density at radius 3 is 2.49 bits per heavy atom. The van der Waals surface area contributed by atoms with E-state index in [1.54, 1.807) is 27.4 Å². The average Bonchev–Trinajstić information content (AvgIpc) is 3.91. The molecule has 0 aromatic heterocycles. The third kappa shape index (κ3) is 7.09. The molecule has 318 valence electrons. The second kappa shape index (κ2) is 16.1. The van der Waals surface area contributed by atoms with Crippen molar-refractivity contribution >= 4 is 23.5 Å². The van der Waals surface area contributed by atoms with Crippen LogP contribution in [0.4, 0.5) is 0 Å². The monoisotopic (exact) mass is 830 g/mol. The summed E-state index contributed by atoms with van der Waals surface area (Å²) in [5.74, 6) is 2.56. The minimum absolute atomic E-state index is 0.0888. The molecule has 0 radical (unpaired) electrons. The molecule has 8 unspecified atom stereocenters. The van der Waals surface area contributed by atoms with E-state index in [-0.39, 0.29) is 16.4 Å². The fraction of sp³-hybridized carbons (Fsp3) is 0.667. The first-order valence-electron chi connectivity index (χ1n) is 24.4. The van der Waals surface area contributed by atoms with Crippen molar-refractivity contribution < 1.29 is 0 Å². The van der Waals surface area contributed by atoms with Crippen LogP contribution in [-0.4, -0.2) is 60.8 Å². The summed E-state index contributed by atoms with van der Waals surface area (Å²) in [7, 11) is 0. The van der Waals surface area contributed by atoms with Crippen LogP contribution in [0.25, 0.3) is 0 Å². The second-order valence-corrected chi connectivity index (χ2v) is 24.3. The van der Waals surface area contributed by atoms with Crippen molar-refractivity contribution in [3.05, 3.63) is 106 Å². The number of nitrogens with zero attached hydrogens (tertiary/aromatic N) is 3. The van der Waals surface area contributed by atoms with Crippen LogP contribution < -0.4 is 0 Å². The number of rotatable bonds is 7. The lowest BCUT2D eigenvalue weighted by atomic mass is 9.58. The van der Waals surface area contributed by atoms with E-state index in [0.29, 0.717) is 41.4 Å². The first kappa shape index (κ1) is 40.8. The number of allylic oxidation sites excluding steroid dienone is 12. The summed E-state index contributed by atoms with van der Waals surface area (Å²) in [6.45, 7) is 15.5. The van der Waals surface area contributed by atoms with E-state index >= 15 is 0 Å². The van der Waals surface area contributed by atoms with Gasteiger partial charge in [0.15, 0.2) is 0 Å². The Hall–Kier alpha value is -2.24. The molecule has 3 heterocycles. The van der Waals surface area contributed by atoms with Gasteiger partial charge in [-0.15, -0.1) is 23.5 Å². The molecule has 10 aliphatic rings. The molecule has 0 aromatic rings. The van der Waals surface area contributed by atoms with E-state index in [0.717, 1.165) is 11.7 Å². The fourth-order valence-electron chi connectivity index (χ4n) is 14.2. The van der Waals surface area contributed by atoms with E-state index < -0.39 is 0 Å². The highest BCUT2D eigenvalue weighted by molar-refractivity contribution is 8.04. The van der Waals surface area contributed by atoms with Crippen LogP contribution in [0.1, 0.15) is 157 Å². The van der Waals surface area contributed by atoms with Crippen molar-refractivity contribution in [1.29, 1.82) is 0 Å². The zero-order chi connectivity index (χ0) is 40.5. The number of likely N-dealkylation sites (tertiary alicyclic amines) is 1. The van der Waals surface area contributed by atoms with Gasteiger partial charge in [0, 0.05) is 55.9 Å². The number of hydrogen-bond acceptors (Lipinski definition) is 5. The quantitative estimate of drug-likeness (QED) is 0.236. The lowest BCUT2D eigenvalue weighted by Gasteiger charge is -2.52. The number of thioether (sulfide) groups is 2. The summed E-state index contributed by atoms with van der Waals surface area (Å²) in [4.78, 5) is 10.9. The molecule has 3 aliphatic heterocycles. The Bertz CT molecular complexity index is 1920. The highest BCUT2D eigenvalue weighted by Gasteiger charge is 2.61. The Balaban J connectivity index is 1.06. The third-order valence-corrected chi connectivity index (χ3v) is 19.8. The van der Waals surface area contributed by atoms with Crippen LogP contribution in [-0.2, 0) is 0 Å². The first-order valence-corrected chi connectivity index (χ1v) is 26.4. The van der Waals surface area contributed by atoms with Gasteiger partial charge in [-0.1, -0.05) is 113 Å². The zero-order valence-corrected chi connectivity index (χ0v) is 39.2. The molecule has 10 rings (SSSR count). The van der Waals surface area contributed by atoms with Gasteiger partial charge in [-0.25, -0.2) is 0 Å². The van der Waals surface area contributed by atoms with E-state index in [1.165, 1.54) is 121 Å². The molecule has 0 bridgehead atoms. The van der Waals surface area contributed by atoms with Gasteiger partial charge in [0.25, 0.3) is 0 Å². The van der Waals surface area contributed by atoms with Crippen LogP contribution in [0.5, 0.6) is 0 Å². The van der Waals surface area contributed by atoms with E-state index in [1.807, 2.05) is 5.57 Å². The van der Waals surface area contributed by atoms with Crippen molar-refractivity contribution in [2.75, 3.05) is 5.75 Å². The molecule has 5 heteroatoms. The maximum absolute atomic E-state index is 3.16. The number of hydrogen-bond donors (Lipinski definition) is 0. The van der Waals surface area contributed by atoms with Crippen LogP contribution in [0.15, 0.2) is 106 Å². The Labute approximate surface area is 367 Å². The summed E-state index contributed by atoms with van der Waals surface area (Å²) in [5, 5.41) is 1.25. The molecule has 1 saturated carbocycles. The normalized spacial score (nSPS) is 36.0. The molecule has 7 aliphatic carbocycles. The summed E-state index contributed by atoms with van der Waals surface area (Å²) in [6, 6.07) is 1.95. The fourth-order valence-corrected chi connectivity index (χ4v) is 17.5.